The molecular formula is C19H23F2N5O. The Hall–Kier alpha value is -2.61. The van der Waals surface area contributed by atoms with Crippen LogP contribution in [0.4, 0.5) is 14.7 Å². The van der Waals surface area contributed by atoms with Gasteiger partial charge >= 0.3 is 0 Å². The molecule has 1 aromatic heterocycles. The second kappa shape index (κ2) is 8.39. The van der Waals surface area contributed by atoms with Gasteiger partial charge in [0.05, 0.1) is 6.04 Å². The summed E-state index contributed by atoms with van der Waals surface area (Å²) in [6.07, 6.45) is 3.40. The van der Waals surface area contributed by atoms with Crippen LogP contribution in [0.1, 0.15) is 12.5 Å². The highest BCUT2D eigenvalue weighted by atomic mass is 19.1. The molecule has 0 unspecified atom stereocenters. The fourth-order valence-corrected chi connectivity index (χ4v) is 3.09. The zero-order valence-corrected chi connectivity index (χ0v) is 15.5. The quantitative estimate of drug-likeness (QED) is 0.799. The number of hydrogen-bond acceptors (Lipinski definition) is 5. The number of benzene rings is 1. The summed E-state index contributed by atoms with van der Waals surface area (Å²) in [5.41, 5.74) is 0.365. The van der Waals surface area contributed by atoms with Crippen molar-refractivity contribution in [2.24, 2.45) is 0 Å². The summed E-state index contributed by atoms with van der Waals surface area (Å²) in [6, 6.07) is 4.86. The van der Waals surface area contributed by atoms with Crippen molar-refractivity contribution in [3.8, 4) is 0 Å². The van der Waals surface area contributed by atoms with Crippen LogP contribution in [0.3, 0.4) is 0 Å². The van der Waals surface area contributed by atoms with E-state index >= 15 is 0 Å². The molecule has 144 valence electrons. The van der Waals surface area contributed by atoms with E-state index in [1.165, 1.54) is 12.1 Å². The van der Waals surface area contributed by atoms with Gasteiger partial charge in [0.2, 0.25) is 11.9 Å². The number of carbonyl (C=O) groups is 1. The van der Waals surface area contributed by atoms with Gasteiger partial charge in [-0.2, -0.15) is 0 Å². The minimum atomic E-state index is -0.608. The van der Waals surface area contributed by atoms with Crippen molar-refractivity contribution in [1.29, 1.82) is 0 Å². The van der Waals surface area contributed by atoms with Crippen molar-refractivity contribution in [1.82, 2.24) is 19.8 Å². The summed E-state index contributed by atoms with van der Waals surface area (Å²) in [6.45, 7) is 4.53. The van der Waals surface area contributed by atoms with E-state index < -0.39 is 17.7 Å². The fraction of sp³-hybridized carbons (Fsp3) is 0.421. The van der Waals surface area contributed by atoms with Crippen LogP contribution in [-0.2, 0) is 11.3 Å². The molecule has 3 rings (SSSR count). The molecule has 1 aliphatic heterocycles. The molecule has 1 aromatic carbocycles. The van der Waals surface area contributed by atoms with Crippen molar-refractivity contribution in [3.05, 3.63) is 53.9 Å². The van der Waals surface area contributed by atoms with E-state index in [1.54, 1.807) is 37.3 Å². The molecule has 0 spiro atoms. The molecule has 1 saturated heterocycles. The molecule has 1 aliphatic rings. The number of rotatable bonds is 5. The summed E-state index contributed by atoms with van der Waals surface area (Å²) in [4.78, 5) is 26.9. The normalized spacial score (nSPS) is 15.9. The highest BCUT2D eigenvalue weighted by molar-refractivity contribution is 5.81. The van der Waals surface area contributed by atoms with Crippen LogP contribution < -0.4 is 4.90 Å². The van der Waals surface area contributed by atoms with Gasteiger partial charge in [0.15, 0.2) is 0 Å². The number of anilines is 1. The van der Waals surface area contributed by atoms with Gasteiger partial charge < -0.3 is 9.80 Å². The van der Waals surface area contributed by atoms with E-state index in [2.05, 4.69) is 9.97 Å². The predicted molar refractivity (Wildman–Crippen MR) is 98.1 cm³/mol. The number of hydrogen-bond donors (Lipinski definition) is 0. The average molecular weight is 375 g/mol. The number of amides is 1. The average Bonchev–Trinajstić information content (AvgIpc) is 2.69. The van der Waals surface area contributed by atoms with E-state index in [9.17, 15) is 13.6 Å². The standard InChI is InChI=1S/C19H23F2N5O/c1-14(24(2)13-15-4-5-16(20)12-17(15)21)18(27)25-8-10-26(11-9-25)19-22-6-3-7-23-19/h3-7,12,14H,8-11,13H2,1-2H3/t14-/m1/s1. The molecule has 0 N–H and O–H groups in total. The van der Waals surface area contributed by atoms with Crippen molar-refractivity contribution >= 4 is 11.9 Å². The Labute approximate surface area is 157 Å². The first-order valence-electron chi connectivity index (χ1n) is 8.90. The van der Waals surface area contributed by atoms with E-state index in [-0.39, 0.29) is 12.5 Å². The zero-order chi connectivity index (χ0) is 19.4. The Balaban J connectivity index is 1.55. The highest BCUT2D eigenvalue weighted by Crippen LogP contribution is 2.15. The van der Waals surface area contributed by atoms with Gasteiger partial charge in [-0.1, -0.05) is 6.07 Å². The number of halogens is 2. The lowest BCUT2D eigenvalue weighted by Gasteiger charge is -2.37. The molecule has 0 saturated carbocycles. The van der Waals surface area contributed by atoms with Crippen molar-refractivity contribution in [2.45, 2.75) is 19.5 Å². The minimum absolute atomic E-state index is 0.00588. The van der Waals surface area contributed by atoms with Gasteiger partial charge in [-0.05, 0) is 26.1 Å². The summed E-state index contributed by atoms with van der Waals surface area (Å²) in [7, 11) is 1.76. The van der Waals surface area contributed by atoms with E-state index in [0.29, 0.717) is 37.7 Å². The molecule has 0 bridgehead atoms. The third kappa shape index (κ3) is 4.57. The van der Waals surface area contributed by atoms with Gasteiger partial charge in [0.1, 0.15) is 11.6 Å². The molecule has 1 fully saturated rings. The van der Waals surface area contributed by atoms with Crippen molar-refractivity contribution < 1.29 is 13.6 Å². The summed E-state index contributed by atoms with van der Waals surface area (Å²) < 4.78 is 26.9. The van der Waals surface area contributed by atoms with Gasteiger partial charge in [-0.3, -0.25) is 9.69 Å². The molecule has 6 nitrogen and oxygen atoms in total. The summed E-state index contributed by atoms with van der Waals surface area (Å²) >= 11 is 0. The van der Waals surface area contributed by atoms with E-state index in [0.717, 1.165) is 6.07 Å². The monoisotopic (exact) mass is 375 g/mol. The molecule has 27 heavy (non-hydrogen) atoms. The van der Waals surface area contributed by atoms with Crippen LogP contribution >= 0.6 is 0 Å². The lowest BCUT2D eigenvalue weighted by Crippen LogP contribution is -2.53. The maximum Gasteiger partial charge on any atom is 0.239 e. The van der Waals surface area contributed by atoms with Crippen LogP contribution in [0.15, 0.2) is 36.7 Å². The Morgan fingerprint density at radius 3 is 2.48 bits per heavy atom. The van der Waals surface area contributed by atoms with Crippen LogP contribution in [0.5, 0.6) is 0 Å². The Morgan fingerprint density at radius 2 is 1.85 bits per heavy atom. The molecule has 0 radical (unpaired) electrons. The number of likely N-dealkylation sites (N-methyl/N-ethyl adjacent to an activating group) is 1. The van der Waals surface area contributed by atoms with Gasteiger partial charge in [0.25, 0.3) is 0 Å². The minimum Gasteiger partial charge on any atom is -0.338 e. The first-order valence-corrected chi connectivity index (χ1v) is 8.90. The lowest BCUT2D eigenvalue weighted by molar-refractivity contribution is -0.136. The summed E-state index contributed by atoms with van der Waals surface area (Å²) in [5.74, 6) is -0.545. The second-order valence-electron chi connectivity index (χ2n) is 6.69. The van der Waals surface area contributed by atoms with Crippen molar-refractivity contribution in [3.63, 3.8) is 0 Å². The number of nitrogens with zero attached hydrogens (tertiary/aromatic N) is 5. The molecule has 1 atom stereocenters. The Bertz CT molecular complexity index is 781. The largest absolute Gasteiger partial charge is 0.338 e. The van der Waals surface area contributed by atoms with Crippen molar-refractivity contribution in [2.75, 3.05) is 38.1 Å². The zero-order valence-electron chi connectivity index (χ0n) is 15.5. The predicted octanol–water partition coefficient (Wildman–Crippen LogP) is 1.92. The smallest absolute Gasteiger partial charge is 0.239 e. The number of piperazine rings is 1. The van der Waals surface area contributed by atoms with E-state index in [4.69, 9.17) is 0 Å². The maximum absolute atomic E-state index is 13.9. The Kier molecular flexibility index (Phi) is 5.95. The first kappa shape index (κ1) is 19.2. The Morgan fingerprint density at radius 1 is 1.19 bits per heavy atom. The SMILES string of the molecule is C[C@H](C(=O)N1CCN(c2ncccn2)CC1)N(C)Cc1ccc(F)cc1F. The molecule has 2 heterocycles. The van der Waals surface area contributed by atoms with Gasteiger partial charge in [-0.15, -0.1) is 0 Å². The summed E-state index contributed by atoms with van der Waals surface area (Å²) in [5, 5.41) is 0. The van der Waals surface area contributed by atoms with Crippen LogP contribution in [0.25, 0.3) is 0 Å². The molecule has 8 heteroatoms. The fourth-order valence-electron chi connectivity index (χ4n) is 3.09. The number of carbonyl (C=O) groups excluding carboxylic acids is 1. The topological polar surface area (TPSA) is 52.6 Å². The molecule has 1 amide bonds. The maximum atomic E-state index is 13.9. The van der Waals surface area contributed by atoms with Gasteiger partial charge in [0, 0.05) is 56.7 Å². The van der Waals surface area contributed by atoms with Crippen LogP contribution in [-0.4, -0.2) is 64.9 Å². The molecule has 0 aliphatic carbocycles. The van der Waals surface area contributed by atoms with Crippen LogP contribution in [0.2, 0.25) is 0 Å². The first-order chi connectivity index (χ1) is 13.0. The third-order valence-corrected chi connectivity index (χ3v) is 4.88. The third-order valence-electron chi connectivity index (χ3n) is 4.88. The second-order valence-corrected chi connectivity index (χ2v) is 6.69. The van der Waals surface area contributed by atoms with Gasteiger partial charge in [-0.25, -0.2) is 18.7 Å². The molecule has 2 aromatic rings. The van der Waals surface area contributed by atoms with E-state index in [1.807, 2.05) is 9.80 Å². The van der Waals surface area contributed by atoms with Crippen LogP contribution in [0, 0.1) is 11.6 Å². The number of aromatic nitrogens is 2. The molecular weight excluding hydrogens is 352 g/mol. The lowest BCUT2D eigenvalue weighted by atomic mass is 10.1. The highest BCUT2D eigenvalue weighted by Gasteiger charge is 2.28.